The summed E-state index contributed by atoms with van der Waals surface area (Å²) in [5.74, 6) is -0.191. The number of aryl methyl sites for hydroxylation is 1. The molecule has 5 heteroatoms. The van der Waals surface area contributed by atoms with E-state index >= 15 is 0 Å². The zero-order chi connectivity index (χ0) is 19.3. The van der Waals surface area contributed by atoms with Gasteiger partial charge in [0.15, 0.2) is 0 Å². The van der Waals surface area contributed by atoms with E-state index in [0.717, 1.165) is 16.7 Å². The Hall–Kier alpha value is -2.33. The van der Waals surface area contributed by atoms with Crippen molar-refractivity contribution >= 4 is 23.4 Å². The fourth-order valence-electron chi connectivity index (χ4n) is 2.80. The van der Waals surface area contributed by atoms with Crippen LogP contribution in [0.2, 0.25) is 5.02 Å². The monoisotopic (exact) mass is 372 g/mol. The molecular weight excluding hydrogens is 348 g/mol. The largest absolute Gasteiger partial charge is 0.349 e. The molecular formula is C21H25ClN2O2. The van der Waals surface area contributed by atoms with E-state index in [1.54, 1.807) is 11.9 Å². The molecule has 0 bridgehead atoms. The second kappa shape index (κ2) is 8.86. The van der Waals surface area contributed by atoms with Crippen molar-refractivity contribution in [3.05, 3.63) is 70.2 Å². The van der Waals surface area contributed by atoms with Gasteiger partial charge in [-0.05, 0) is 37.1 Å². The van der Waals surface area contributed by atoms with Gasteiger partial charge in [-0.1, -0.05) is 53.6 Å². The van der Waals surface area contributed by atoms with E-state index in [1.165, 1.54) is 6.92 Å². The van der Waals surface area contributed by atoms with E-state index in [2.05, 4.69) is 5.32 Å². The van der Waals surface area contributed by atoms with Crippen molar-refractivity contribution in [2.45, 2.75) is 39.3 Å². The lowest BCUT2D eigenvalue weighted by atomic mass is 10.0. The molecule has 0 spiro atoms. The Labute approximate surface area is 160 Å². The van der Waals surface area contributed by atoms with Gasteiger partial charge in [-0.15, -0.1) is 0 Å². The summed E-state index contributed by atoms with van der Waals surface area (Å²) in [4.78, 5) is 26.1. The summed E-state index contributed by atoms with van der Waals surface area (Å²) >= 11 is 5.93. The molecule has 1 N–H and O–H groups in total. The lowest BCUT2D eigenvalue weighted by molar-refractivity contribution is -0.132. The fourth-order valence-corrected chi connectivity index (χ4v) is 2.92. The van der Waals surface area contributed by atoms with E-state index < -0.39 is 0 Å². The molecule has 4 nitrogen and oxygen atoms in total. The smallest absolute Gasteiger partial charge is 0.225 e. The van der Waals surface area contributed by atoms with Crippen molar-refractivity contribution in [2.75, 3.05) is 7.05 Å². The van der Waals surface area contributed by atoms with Crippen molar-refractivity contribution in [1.29, 1.82) is 0 Å². The van der Waals surface area contributed by atoms with Crippen LogP contribution in [0, 0.1) is 6.92 Å². The average Bonchev–Trinajstić information content (AvgIpc) is 2.60. The molecule has 2 unspecified atom stereocenters. The molecule has 0 aliphatic rings. The molecule has 0 saturated carbocycles. The molecule has 2 atom stereocenters. The van der Waals surface area contributed by atoms with Gasteiger partial charge >= 0.3 is 0 Å². The number of hydrogen-bond acceptors (Lipinski definition) is 2. The Morgan fingerprint density at radius 3 is 2.12 bits per heavy atom. The van der Waals surface area contributed by atoms with E-state index in [4.69, 9.17) is 11.6 Å². The van der Waals surface area contributed by atoms with Crippen LogP contribution in [-0.2, 0) is 9.59 Å². The molecule has 2 aromatic rings. The molecule has 138 valence electrons. The Balaban J connectivity index is 2.13. The van der Waals surface area contributed by atoms with Crippen molar-refractivity contribution in [3.63, 3.8) is 0 Å². The summed E-state index contributed by atoms with van der Waals surface area (Å²) < 4.78 is 0. The Morgan fingerprint density at radius 1 is 1.04 bits per heavy atom. The Morgan fingerprint density at radius 2 is 1.58 bits per heavy atom. The maximum absolute atomic E-state index is 12.8. The van der Waals surface area contributed by atoms with Crippen molar-refractivity contribution in [2.24, 2.45) is 0 Å². The molecule has 2 rings (SSSR count). The van der Waals surface area contributed by atoms with E-state index in [-0.39, 0.29) is 30.3 Å². The summed E-state index contributed by atoms with van der Waals surface area (Å²) in [5, 5.41) is 3.55. The first-order chi connectivity index (χ1) is 12.3. The normalized spacial score (nSPS) is 13.0. The fraction of sp³-hybridized carbons (Fsp3) is 0.333. The first kappa shape index (κ1) is 20.0. The molecule has 2 amide bonds. The Bertz CT molecular complexity index is 757. The SMILES string of the molecule is CC(=O)NC(CC(=O)N(C)C(C)c1ccc(Cl)cc1)c1ccc(C)cc1. The molecule has 0 aliphatic heterocycles. The van der Waals surface area contributed by atoms with Crippen LogP contribution in [0.1, 0.15) is 49.0 Å². The predicted octanol–water partition coefficient (Wildman–Crippen LogP) is 4.44. The third-order valence-electron chi connectivity index (χ3n) is 4.56. The highest BCUT2D eigenvalue weighted by Crippen LogP contribution is 2.24. The van der Waals surface area contributed by atoms with Crippen LogP contribution in [0.4, 0.5) is 0 Å². The predicted molar refractivity (Wildman–Crippen MR) is 105 cm³/mol. The van der Waals surface area contributed by atoms with Crippen LogP contribution in [-0.4, -0.2) is 23.8 Å². The minimum Gasteiger partial charge on any atom is -0.349 e. The second-order valence-corrected chi connectivity index (χ2v) is 7.04. The van der Waals surface area contributed by atoms with Crippen LogP contribution >= 0.6 is 11.6 Å². The summed E-state index contributed by atoms with van der Waals surface area (Å²) in [6.45, 7) is 5.44. The topological polar surface area (TPSA) is 49.4 Å². The highest BCUT2D eigenvalue weighted by atomic mass is 35.5. The number of carbonyl (C=O) groups is 2. The van der Waals surface area contributed by atoms with Crippen molar-refractivity contribution in [1.82, 2.24) is 10.2 Å². The van der Waals surface area contributed by atoms with Gasteiger partial charge in [0.25, 0.3) is 0 Å². The van der Waals surface area contributed by atoms with Crippen LogP contribution in [0.15, 0.2) is 48.5 Å². The average molecular weight is 373 g/mol. The Kier molecular flexibility index (Phi) is 6.81. The minimum absolute atomic E-state index is 0.0354. The number of nitrogens with zero attached hydrogens (tertiary/aromatic N) is 1. The summed E-state index contributed by atoms with van der Waals surface area (Å²) in [5.41, 5.74) is 3.07. The molecule has 0 heterocycles. The summed E-state index contributed by atoms with van der Waals surface area (Å²) in [6, 6.07) is 14.9. The second-order valence-electron chi connectivity index (χ2n) is 6.60. The molecule has 0 radical (unpaired) electrons. The maximum Gasteiger partial charge on any atom is 0.225 e. The van der Waals surface area contributed by atoms with E-state index in [1.807, 2.05) is 62.4 Å². The first-order valence-electron chi connectivity index (χ1n) is 8.62. The number of halogens is 1. The van der Waals surface area contributed by atoms with E-state index in [0.29, 0.717) is 5.02 Å². The molecule has 2 aromatic carbocycles. The van der Waals surface area contributed by atoms with Crippen LogP contribution in [0.5, 0.6) is 0 Å². The minimum atomic E-state index is -0.347. The van der Waals surface area contributed by atoms with Crippen molar-refractivity contribution < 1.29 is 9.59 Å². The van der Waals surface area contributed by atoms with Crippen molar-refractivity contribution in [3.8, 4) is 0 Å². The third kappa shape index (κ3) is 5.33. The summed E-state index contributed by atoms with van der Waals surface area (Å²) in [7, 11) is 1.78. The van der Waals surface area contributed by atoms with Gasteiger partial charge in [0, 0.05) is 19.0 Å². The van der Waals surface area contributed by atoms with Gasteiger partial charge in [-0.25, -0.2) is 0 Å². The zero-order valence-corrected chi connectivity index (χ0v) is 16.4. The highest BCUT2D eigenvalue weighted by Gasteiger charge is 2.23. The quantitative estimate of drug-likeness (QED) is 0.815. The van der Waals surface area contributed by atoms with Gasteiger partial charge in [0.1, 0.15) is 0 Å². The van der Waals surface area contributed by atoms with Crippen LogP contribution in [0.3, 0.4) is 0 Å². The lowest BCUT2D eigenvalue weighted by Gasteiger charge is -2.28. The van der Waals surface area contributed by atoms with Gasteiger partial charge in [-0.2, -0.15) is 0 Å². The molecule has 0 aliphatic carbocycles. The van der Waals surface area contributed by atoms with Gasteiger partial charge in [0.2, 0.25) is 11.8 Å². The molecule has 26 heavy (non-hydrogen) atoms. The number of nitrogens with one attached hydrogen (secondary N) is 1. The lowest BCUT2D eigenvalue weighted by Crippen LogP contribution is -2.35. The zero-order valence-electron chi connectivity index (χ0n) is 15.6. The molecule has 0 fully saturated rings. The van der Waals surface area contributed by atoms with Gasteiger partial charge in [0.05, 0.1) is 18.5 Å². The number of benzene rings is 2. The van der Waals surface area contributed by atoms with Crippen LogP contribution in [0.25, 0.3) is 0 Å². The van der Waals surface area contributed by atoms with Crippen LogP contribution < -0.4 is 5.32 Å². The van der Waals surface area contributed by atoms with Gasteiger partial charge in [-0.3, -0.25) is 9.59 Å². The number of carbonyl (C=O) groups excluding carboxylic acids is 2. The molecule has 0 saturated heterocycles. The third-order valence-corrected chi connectivity index (χ3v) is 4.81. The van der Waals surface area contributed by atoms with E-state index in [9.17, 15) is 9.59 Å². The number of hydrogen-bond donors (Lipinski definition) is 1. The summed E-state index contributed by atoms with van der Waals surface area (Å²) in [6.07, 6.45) is 0.205. The molecule has 0 aromatic heterocycles. The standard InChI is InChI=1S/C21H25ClN2O2/c1-14-5-7-18(8-6-14)20(23-16(3)25)13-21(26)24(4)15(2)17-9-11-19(22)12-10-17/h5-12,15,20H,13H2,1-4H3,(H,23,25). The maximum atomic E-state index is 12.8. The number of amides is 2. The first-order valence-corrected chi connectivity index (χ1v) is 9.00. The van der Waals surface area contributed by atoms with Gasteiger partial charge < -0.3 is 10.2 Å². The highest BCUT2D eigenvalue weighted by molar-refractivity contribution is 6.30. The number of rotatable bonds is 6.